The molecule has 1 amide bonds. The van der Waals surface area contributed by atoms with E-state index in [1.165, 1.54) is 23.5 Å². The number of imidazole rings is 1. The first-order valence-electron chi connectivity index (χ1n) is 7.71. The van der Waals surface area contributed by atoms with Crippen LogP contribution in [0.4, 0.5) is 9.52 Å². The lowest BCUT2D eigenvalue weighted by Gasteiger charge is -2.29. The summed E-state index contributed by atoms with van der Waals surface area (Å²) in [5, 5.41) is 8.66. The number of piperidine rings is 1. The molecule has 0 spiro atoms. The highest BCUT2D eigenvalue weighted by Gasteiger charge is 2.23. The summed E-state index contributed by atoms with van der Waals surface area (Å²) in [5.41, 5.74) is 1.62. The summed E-state index contributed by atoms with van der Waals surface area (Å²) in [6, 6.07) is 6.46. The molecule has 6 nitrogen and oxygen atoms in total. The lowest BCUT2D eigenvalue weighted by molar-refractivity contribution is -0.132. The molecule has 1 aliphatic rings. The Balaban J connectivity index is 1.51. The molecule has 3 aromatic rings. The SMILES string of the molecule is CN1C[C@@H](Nc2nn3cc(-c4ccc(F)cc4)nc3s2)CCC1=O. The van der Waals surface area contributed by atoms with Crippen LogP contribution in [0.5, 0.6) is 0 Å². The molecule has 0 radical (unpaired) electrons. The third kappa shape index (κ3) is 2.84. The molecule has 1 saturated heterocycles. The van der Waals surface area contributed by atoms with Gasteiger partial charge in [-0.2, -0.15) is 0 Å². The number of likely N-dealkylation sites (tertiary alicyclic amines) is 1. The zero-order valence-electron chi connectivity index (χ0n) is 13.1. The molecular weight excluding hydrogens is 329 g/mol. The highest BCUT2D eigenvalue weighted by molar-refractivity contribution is 7.20. The van der Waals surface area contributed by atoms with Crippen molar-refractivity contribution < 1.29 is 9.18 Å². The van der Waals surface area contributed by atoms with E-state index in [2.05, 4.69) is 15.4 Å². The monoisotopic (exact) mass is 345 g/mol. The van der Waals surface area contributed by atoms with Crippen molar-refractivity contribution in [2.75, 3.05) is 18.9 Å². The van der Waals surface area contributed by atoms with Gasteiger partial charge in [0.15, 0.2) is 0 Å². The van der Waals surface area contributed by atoms with Gasteiger partial charge < -0.3 is 10.2 Å². The Bertz CT molecular complexity index is 856. The second kappa shape index (κ2) is 5.86. The van der Waals surface area contributed by atoms with Crippen molar-refractivity contribution in [1.82, 2.24) is 19.5 Å². The van der Waals surface area contributed by atoms with E-state index in [-0.39, 0.29) is 17.8 Å². The highest BCUT2D eigenvalue weighted by atomic mass is 32.1. The summed E-state index contributed by atoms with van der Waals surface area (Å²) in [4.78, 5) is 18.6. The number of carbonyl (C=O) groups is 1. The Morgan fingerprint density at radius 1 is 1.33 bits per heavy atom. The third-order valence-corrected chi connectivity index (χ3v) is 4.99. The van der Waals surface area contributed by atoms with Crippen molar-refractivity contribution in [3.63, 3.8) is 0 Å². The molecule has 1 aliphatic heterocycles. The zero-order valence-corrected chi connectivity index (χ0v) is 13.9. The van der Waals surface area contributed by atoms with E-state index in [9.17, 15) is 9.18 Å². The van der Waals surface area contributed by atoms with Crippen LogP contribution in [0.2, 0.25) is 0 Å². The topological polar surface area (TPSA) is 62.5 Å². The minimum Gasteiger partial charge on any atom is -0.356 e. The molecule has 2 aromatic heterocycles. The van der Waals surface area contributed by atoms with Gasteiger partial charge in [0, 0.05) is 31.6 Å². The number of aromatic nitrogens is 3. The minimum atomic E-state index is -0.264. The largest absolute Gasteiger partial charge is 0.356 e. The number of likely N-dealkylation sites (N-methyl/N-ethyl adjacent to an activating group) is 1. The Morgan fingerprint density at radius 2 is 2.12 bits per heavy atom. The van der Waals surface area contributed by atoms with E-state index in [1.54, 1.807) is 21.5 Å². The first-order valence-corrected chi connectivity index (χ1v) is 8.53. The van der Waals surface area contributed by atoms with Crippen LogP contribution in [0.25, 0.3) is 16.2 Å². The van der Waals surface area contributed by atoms with Crippen molar-refractivity contribution in [2.45, 2.75) is 18.9 Å². The number of halogens is 1. The molecule has 1 atom stereocenters. The molecule has 1 N–H and O–H groups in total. The van der Waals surface area contributed by atoms with Gasteiger partial charge in [-0.25, -0.2) is 13.9 Å². The molecule has 24 heavy (non-hydrogen) atoms. The van der Waals surface area contributed by atoms with Crippen molar-refractivity contribution in [3.8, 4) is 11.3 Å². The molecule has 124 valence electrons. The van der Waals surface area contributed by atoms with Crippen LogP contribution < -0.4 is 5.32 Å². The van der Waals surface area contributed by atoms with Crippen LogP contribution in [0.1, 0.15) is 12.8 Å². The molecule has 1 aromatic carbocycles. The van der Waals surface area contributed by atoms with E-state index >= 15 is 0 Å². The fourth-order valence-corrected chi connectivity index (χ4v) is 3.68. The summed E-state index contributed by atoms with van der Waals surface area (Å²) < 4.78 is 14.7. The van der Waals surface area contributed by atoms with Gasteiger partial charge in [0.1, 0.15) is 5.82 Å². The number of carbonyl (C=O) groups excluding carboxylic acids is 1. The molecule has 0 saturated carbocycles. The molecule has 0 bridgehead atoms. The molecule has 4 rings (SSSR count). The van der Waals surface area contributed by atoms with Gasteiger partial charge in [-0.3, -0.25) is 4.79 Å². The van der Waals surface area contributed by atoms with E-state index < -0.39 is 0 Å². The van der Waals surface area contributed by atoms with E-state index in [1.807, 2.05) is 13.2 Å². The predicted molar refractivity (Wildman–Crippen MR) is 90.5 cm³/mol. The second-order valence-corrected chi connectivity index (χ2v) is 6.88. The Labute approximate surface area is 141 Å². The lowest BCUT2D eigenvalue weighted by atomic mass is 10.1. The molecule has 0 unspecified atom stereocenters. The summed E-state index contributed by atoms with van der Waals surface area (Å²) in [6.07, 6.45) is 3.21. The van der Waals surface area contributed by atoms with Crippen LogP contribution in [0.15, 0.2) is 30.5 Å². The minimum absolute atomic E-state index is 0.186. The van der Waals surface area contributed by atoms with E-state index in [0.717, 1.165) is 27.8 Å². The number of rotatable bonds is 3. The predicted octanol–water partition coefficient (Wildman–Crippen LogP) is 2.63. The van der Waals surface area contributed by atoms with Gasteiger partial charge in [0.2, 0.25) is 16.0 Å². The van der Waals surface area contributed by atoms with Crippen LogP contribution in [-0.4, -0.2) is 45.0 Å². The number of anilines is 1. The van der Waals surface area contributed by atoms with Gasteiger partial charge >= 0.3 is 0 Å². The van der Waals surface area contributed by atoms with E-state index in [4.69, 9.17) is 0 Å². The van der Waals surface area contributed by atoms with Gasteiger partial charge in [-0.1, -0.05) is 11.3 Å². The maximum atomic E-state index is 13.0. The van der Waals surface area contributed by atoms with Crippen molar-refractivity contribution in [2.24, 2.45) is 0 Å². The van der Waals surface area contributed by atoms with Crippen molar-refractivity contribution in [3.05, 3.63) is 36.3 Å². The standard InChI is InChI=1S/C16H16FN5OS/c1-21-8-12(6-7-14(21)23)18-15-20-22-9-13(19-16(22)24-15)10-2-4-11(17)5-3-10/h2-5,9,12H,6-8H2,1H3,(H,18,20)/t12-/m0/s1. The third-order valence-electron chi connectivity index (χ3n) is 4.14. The first kappa shape index (κ1) is 15.1. The Morgan fingerprint density at radius 3 is 2.83 bits per heavy atom. The van der Waals surface area contributed by atoms with Crippen LogP contribution in [-0.2, 0) is 4.79 Å². The summed E-state index contributed by atoms with van der Waals surface area (Å²) in [6.45, 7) is 0.682. The molecule has 8 heteroatoms. The van der Waals surface area contributed by atoms with Gasteiger partial charge in [-0.15, -0.1) is 5.10 Å². The van der Waals surface area contributed by atoms with Crippen LogP contribution in [0, 0.1) is 5.82 Å². The average Bonchev–Trinajstić information content (AvgIpc) is 3.10. The number of fused-ring (bicyclic) bond motifs is 1. The average molecular weight is 345 g/mol. The number of nitrogens with one attached hydrogen (secondary N) is 1. The summed E-state index contributed by atoms with van der Waals surface area (Å²) >= 11 is 1.46. The fourth-order valence-electron chi connectivity index (χ4n) is 2.82. The number of nitrogens with zero attached hydrogens (tertiary/aromatic N) is 4. The number of hydrogen-bond acceptors (Lipinski definition) is 5. The number of benzene rings is 1. The van der Waals surface area contributed by atoms with Crippen molar-refractivity contribution in [1.29, 1.82) is 0 Å². The van der Waals surface area contributed by atoms with Gasteiger partial charge in [0.25, 0.3) is 0 Å². The number of amides is 1. The maximum Gasteiger partial charge on any atom is 0.222 e. The normalized spacial score (nSPS) is 18.3. The molecule has 3 heterocycles. The molecular formula is C16H16FN5OS. The van der Waals surface area contributed by atoms with Crippen LogP contribution in [0.3, 0.4) is 0 Å². The first-order chi connectivity index (χ1) is 11.6. The van der Waals surface area contributed by atoms with Gasteiger partial charge in [-0.05, 0) is 30.7 Å². The molecule has 1 fully saturated rings. The summed E-state index contributed by atoms with van der Waals surface area (Å²) in [5.74, 6) is -0.0776. The zero-order chi connectivity index (χ0) is 16.7. The smallest absolute Gasteiger partial charge is 0.222 e. The van der Waals surface area contributed by atoms with Crippen molar-refractivity contribution >= 4 is 27.3 Å². The maximum absolute atomic E-state index is 13.0. The fraction of sp³-hybridized carbons (Fsp3) is 0.312. The Kier molecular flexibility index (Phi) is 3.68. The lowest BCUT2D eigenvalue weighted by Crippen LogP contribution is -2.43. The summed E-state index contributed by atoms with van der Waals surface area (Å²) in [7, 11) is 1.82. The second-order valence-electron chi connectivity index (χ2n) is 5.92. The quantitative estimate of drug-likeness (QED) is 0.793. The highest BCUT2D eigenvalue weighted by Crippen LogP contribution is 2.26. The number of hydrogen-bond donors (Lipinski definition) is 1. The van der Waals surface area contributed by atoms with Gasteiger partial charge in [0.05, 0.1) is 11.9 Å². The van der Waals surface area contributed by atoms with E-state index in [0.29, 0.717) is 13.0 Å². The molecule has 0 aliphatic carbocycles. The Hall–Kier alpha value is -2.48. The van der Waals surface area contributed by atoms with Crippen LogP contribution >= 0.6 is 11.3 Å².